The summed E-state index contributed by atoms with van der Waals surface area (Å²) in [5.41, 5.74) is 1.58. The average molecular weight is 298 g/mol. The molecule has 0 amide bonds. The van der Waals surface area contributed by atoms with Crippen molar-refractivity contribution in [1.29, 1.82) is 0 Å². The molecule has 2 aliphatic rings. The SMILES string of the molecule is CCCC1(O)CN(Cc2cc(Cl)cc3c2OCOC3)C1. The van der Waals surface area contributed by atoms with Crippen LogP contribution in [0, 0.1) is 0 Å². The van der Waals surface area contributed by atoms with Gasteiger partial charge < -0.3 is 14.6 Å². The van der Waals surface area contributed by atoms with Crippen molar-refractivity contribution >= 4 is 11.6 Å². The number of rotatable bonds is 4. The Labute approximate surface area is 124 Å². The van der Waals surface area contributed by atoms with E-state index in [9.17, 15) is 5.11 Å². The molecule has 1 aromatic rings. The highest BCUT2D eigenvalue weighted by Crippen LogP contribution is 2.35. The molecule has 0 aromatic heterocycles. The highest BCUT2D eigenvalue weighted by atomic mass is 35.5. The Bertz CT molecular complexity index is 500. The van der Waals surface area contributed by atoms with Gasteiger partial charge in [0, 0.05) is 35.8 Å². The van der Waals surface area contributed by atoms with Gasteiger partial charge in [0.1, 0.15) is 5.75 Å². The Morgan fingerprint density at radius 2 is 2.20 bits per heavy atom. The number of hydrogen-bond donors (Lipinski definition) is 1. The molecule has 2 heterocycles. The molecule has 1 saturated heterocycles. The van der Waals surface area contributed by atoms with Crippen LogP contribution in [0.1, 0.15) is 30.9 Å². The maximum absolute atomic E-state index is 10.2. The standard InChI is InChI=1S/C15H20ClNO3/c1-2-3-15(18)8-17(9-15)6-11-4-13(16)5-12-7-19-10-20-14(11)12/h4-5,18H,2-3,6-10H2,1H3. The molecule has 0 aliphatic carbocycles. The highest BCUT2D eigenvalue weighted by Gasteiger charge is 2.40. The topological polar surface area (TPSA) is 41.9 Å². The molecule has 0 saturated carbocycles. The van der Waals surface area contributed by atoms with Gasteiger partial charge in [-0.3, -0.25) is 4.90 Å². The number of halogens is 1. The highest BCUT2D eigenvalue weighted by molar-refractivity contribution is 6.30. The molecule has 0 atom stereocenters. The van der Waals surface area contributed by atoms with E-state index < -0.39 is 5.60 Å². The van der Waals surface area contributed by atoms with Crippen LogP contribution in [0.25, 0.3) is 0 Å². The Morgan fingerprint density at radius 1 is 1.40 bits per heavy atom. The molecular formula is C15H20ClNO3. The predicted octanol–water partition coefficient (Wildman–Crippen LogP) is 2.55. The molecule has 1 N–H and O–H groups in total. The largest absolute Gasteiger partial charge is 0.467 e. The van der Waals surface area contributed by atoms with Crippen LogP contribution in [-0.4, -0.2) is 35.5 Å². The number of hydrogen-bond acceptors (Lipinski definition) is 4. The van der Waals surface area contributed by atoms with Crippen molar-refractivity contribution in [2.24, 2.45) is 0 Å². The van der Waals surface area contributed by atoms with Crippen LogP contribution in [0.3, 0.4) is 0 Å². The first kappa shape index (κ1) is 14.1. The lowest BCUT2D eigenvalue weighted by Crippen LogP contribution is -2.60. The third-order valence-electron chi connectivity index (χ3n) is 3.90. The van der Waals surface area contributed by atoms with E-state index >= 15 is 0 Å². The Hall–Kier alpha value is -0.810. The first-order valence-corrected chi connectivity index (χ1v) is 7.44. The van der Waals surface area contributed by atoms with Gasteiger partial charge in [0.15, 0.2) is 6.79 Å². The van der Waals surface area contributed by atoms with Crippen molar-refractivity contribution < 1.29 is 14.6 Å². The fourth-order valence-corrected chi connectivity index (χ4v) is 3.40. The second kappa shape index (κ2) is 5.53. The van der Waals surface area contributed by atoms with Crippen molar-refractivity contribution in [2.45, 2.75) is 38.5 Å². The molecule has 0 spiro atoms. The van der Waals surface area contributed by atoms with Crippen molar-refractivity contribution in [1.82, 2.24) is 4.90 Å². The van der Waals surface area contributed by atoms with E-state index in [4.69, 9.17) is 21.1 Å². The maximum atomic E-state index is 10.2. The van der Waals surface area contributed by atoms with Crippen LogP contribution < -0.4 is 4.74 Å². The summed E-state index contributed by atoms with van der Waals surface area (Å²) < 4.78 is 10.9. The second-order valence-corrected chi connectivity index (χ2v) is 6.22. The van der Waals surface area contributed by atoms with Gasteiger partial charge in [-0.25, -0.2) is 0 Å². The lowest BCUT2D eigenvalue weighted by Gasteiger charge is -2.47. The summed E-state index contributed by atoms with van der Waals surface area (Å²) in [6.07, 6.45) is 1.87. The van der Waals surface area contributed by atoms with Gasteiger partial charge in [-0.2, -0.15) is 0 Å². The maximum Gasteiger partial charge on any atom is 0.189 e. The normalized spacial score (nSPS) is 20.9. The van der Waals surface area contributed by atoms with Crippen LogP contribution in [0.4, 0.5) is 0 Å². The van der Waals surface area contributed by atoms with Crippen molar-refractivity contribution in [2.75, 3.05) is 19.9 Å². The number of likely N-dealkylation sites (tertiary alicyclic amines) is 1. The first-order valence-electron chi connectivity index (χ1n) is 7.06. The summed E-state index contributed by atoms with van der Waals surface area (Å²) in [7, 11) is 0. The van der Waals surface area contributed by atoms with Gasteiger partial charge >= 0.3 is 0 Å². The van der Waals surface area contributed by atoms with Crippen molar-refractivity contribution in [3.8, 4) is 5.75 Å². The van der Waals surface area contributed by atoms with E-state index in [1.54, 1.807) is 0 Å². The zero-order valence-corrected chi connectivity index (χ0v) is 12.4. The van der Waals surface area contributed by atoms with Crippen LogP contribution >= 0.6 is 11.6 Å². The molecule has 2 aliphatic heterocycles. The van der Waals surface area contributed by atoms with Gasteiger partial charge in [-0.15, -0.1) is 0 Å². The third-order valence-corrected chi connectivity index (χ3v) is 4.12. The van der Waals surface area contributed by atoms with Crippen molar-refractivity contribution in [3.63, 3.8) is 0 Å². The predicted molar refractivity (Wildman–Crippen MR) is 76.9 cm³/mol. The summed E-state index contributed by atoms with van der Waals surface area (Å²) in [4.78, 5) is 2.22. The van der Waals surface area contributed by atoms with E-state index in [0.717, 1.165) is 49.4 Å². The zero-order valence-electron chi connectivity index (χ0n) is 11.7. The number of ether oxygens (including phenoxy) is 2. The smallest absolute Gasteiger partial charge is 0.189 e. The van der Waals surface area contributed by atoms with Gasteiger partial charge in [-0.05, 0) is 18.6 Å². The fraction of sp³-hybridized carbons (Fsp3) is 0.600. The van der Waals surface area contributed by atoms with Crippen LogP contribution in [0.5, 0.6) is 5.75 Å². The molecule has 3 rings (SSSR count). The Balaban J connectivity index is 1.71. The molecule has 1 fully saturated rings. The molecule has 1 aromatic carbocycles. The van der Waals surface area contributed by atoms with E-state index in [-0.39, 0.29) is 0 Å². The van der Waals surface area contributed by atoms with Crippen LogP contribution in [-0.2, 0) is 17.9 Å². The van der Waals surface area contributed by atoms with Gasteiger partial charge in [0.2, 0.25) is 0 Å². The molecule has 0 unspecified atom stereocenters. The lowest BCUT2D eigenvalue weighted by atomic mass is 9.89. The molecule has 0 radical (unpaired) electrons. The van der Waals surface area contributed by atoms with E-state index in [0.29, 0.717) is 18.4 Å². The number of nitrogens with zero attached hydrogens (tertiary/aromatic N) is 1. The first-order chi connectivity index (χ1) is 9.59. The van der Waals surface area contributed by atoms with Gasteiger partial charge in [0.05, 0.1) is 12.2 Å². The molecular weight excluding hydrogens is 278 g/mol. The van der Waals surface area contributed by atoms with Crippen LogP contribution in [0.2, 0.25) is 5.02 Å². The minimum Gasteiger partial charge on any atom is -0.467 e. The average Bonchev–Trinajstić information content (AvgIpc) is 2.37. The van der Waals surface area contributed by atoms with Crippen LogP contribution in [0.15, 0.2) is 12.1 Å². The second-order valence-electron chi connectivity index (χ2n) is 5.78. The van der Waals surface area contributed by atoms with Gasteiger partial charge in [-0.1, -0.05) is 24.9 Å². The van der Waals surface area contributed by atoms with E-state index in [1.165, 1.54) is 0 Å². The number of β-amino-alcohol motifs (C(OH)–C–C–N with tert-alkyl or cyclic N) is 1. The molecule has 110 valence electrons. The molecule has 0 bridgehead atoms. The van der Waals surface area contributed by atoms with Gasteiger partial charge in [0.25, 0.3) is 0 Å². The minimum absolute atomic E-state index is 0.293. The number of aliphatic hydroxyl groups is 1. The minimum atomic E-state index is -0.503. The summed E-state index contributed by atoms with van der Waals surface area (Å²) in [5.74, 6) is 0.895. The Morgan fingerprint density at radius 3 is 2.95 bits per heavy atom. The Kier molecular flexibility index (Phi) is 3.91. The monoisotopic (exact) mass is 297 g/mol. The molecule has 4 nitrogen and oxygen atoms in total. The van der Waals surface area contributed by atoms with E-state index in [1.807, 2.05) is 12.1 Å². The summed E-state index contributed by atoms with van der Waals surface area (Å²) in [6, 6.07) is 3.84. The fourth-order valence-electron chi connectivity index (χ4n) is 3.14. The summed E-state index contributed by atoms with van der Waals surface area (Å²) in [6.45, 7) is 5.14. The quantitative estimate of drug-likeness (QED) is 0.927. The zero-order chi connectivity index (χ0) is 14.2. The lowest BCUT2D eigenvalue weighted by molar-refractivity contribution is -0.107. The van der Waals surface area contributed by atoms with E-state index in [2.05, 4.69) is 11.8 Å². The third kappa shape index (κ3) is 2.79. The number of benzene rings is 1. The van der Waals surface area contributed by atoms with Crippen molar-refractivity contribution in [3.05, 3.63) is 28.3 Å². The molecule has 20 heavy (non-hydrogen) atoms. The molecule has 5 heteroatoms. The number of fused-ring (bicyclic) bond motifs is 1. The summed E-state index contributed by atoms with van der Waals surface area (Å²) in [5, 5.41) is 10.9. The summed E-state index contributed by atoms with van der Waals surface area (Å²) >= 11 is 6.15.